The van der Waals surface area contributed by atoms with Crippen molar-refractivity contribution in [2.45, 2.75) is 20.0 Å². The quantitative estimate of drug-likeness (QED) is 0.858. The highest BCUT2D eigenvalue weighted by Crippen LogP contribution is 2.23. The number of nitrogens with one attached hydrogen (secondary N) is 1. The van der Waals surface area contributed by atoms with E-state index in [2.05, 4.69) is 27.1 Å². The molecule has 1 aromatic rings. The number of hydrogen-bond acceptors (Lipinski definition) is 5. The summed E-state index contributed by atoms with van der Waals surface area (Å²) in [4.78, 5) is 11.2. The van der Waals surface area contributed by atoms with Gasteiger partial charge in [0.05, 0.1) is 0 Å². The third kappa shape index (κ3) is 2.85. The van der Waals surface area contributed by atoms with E-state index in [-0.39, 0.29) is 0 Å². The fourth-order valence-corrected chi connectivity index (χ4v) is 2.11. The van der Waals surface area contributed by atoms with Crippen LogP contribution in [0.3, 0.4) is 0 Å². The first-order valence-corrected chi connectivity index (χ1v) is 6.02. The van der Waals surface area contributed by atoms with E-state index in [0.717, 1.165) is 36.5 Å². The lowest BCUT2D eigenvalue weighted by atomic mass is 10.2. The average Bonchev–Trinajstić information content (AvgIpc) is 2.76. The standard InChI is InChI=1S/C12H20N4O/c1-9-4-5-16(7-9)12-6-10(13-2)14-11(15-12)8-17-3/h6,9H,4-5,7-8H2,1-3H3,(H,13,14,15). The van der Waals surface area contributed by atoms with Crippen molar-refractivity contribution >= 4 is 11.6 Å². The number of ether oxygens (including phenoxy) is 1. The van der Waals surface area contributed by atoms with Crippen LogP contribution < -0.4 is 10.2 Å². The zero-order chi connectivity index (χ0) is 12.3. The lowest BCUT2D eigenvalue weighted by Gasteiger charge is -2.18. The molecule has 2 heterocycles. The van der Waals surface area contributed by atoms with E-state index in [1.807, 2.05) is 13.1 Å². The van der Waals surface area contributed by atoms with Gasteiger partial charge >= 0.3 is 0 Å². The summed E-state index contributed by atoms with van der Waals surface area (Å²) in [7, 11) is 3.53. The Morgan fingerprint density at radius 3 is 2.94 bits per heavy atom. The van der Waals surface area contributed by atoms with Crippen LogP contribution in [0.2, 0.25) is 0 Å². The third-order valence-corrected chi connectivity index (χ3v) is 3.04. The average molecular weight is 236 g/mol. The van der Waals surface area contributed by atoms with Gasteiger partial charge in [-0.1, -0.05) is 6.92 Å². The maximum atomic E-state index is 5.09. The maximum absolute atomic E-state index is 5.09. The van der Waals surface area contributed by atoms with Crippen LogP contribution in [0.5, 0.6) is 0 Å². The van der Waals surface area contributed by atoms with Gasteiger partial charge in [-0.2, -0.15) is 0 Å². The fraction of sp³-hybridized carbons (Fsp3) is 0.667. The molecule has 0 aromatic carbocycles. The highest BCUT2D eigenvalue weighted by molar-refractivity contribution is 5.49. The minimum absolute atomic E-state index is 0.450. The summed E-state index contributed by atoms with van der Waals surface area (Å²) in [5, 5.41) is 3.07. The Labute approximate surface area is 102 Å². The Kier molecular flexibility index (Phi) is 3.78. The van der Waals surface area contributed by atoms with Gasteiger partial charge in [-0.3, -0.25) is 0 Å². The monoisotopic (exact) mass is 236 g/mol. The van der Waals surface area contributed by atoms with Gasteiger partial charge < -0.3 is 15.0 Å². The third-order valence-electron chi connectivity index (χ3n) is 3.04. The predicted octanol–water partition coefficient (Wildman–Crippen LogP) is 1.51. The van der Waals surface area contributed by atoms with Gasteiger partial charge in [0.1, 0.15) is 18.2 Å². The number of aromatic nitrogens is 2. The van der Waals surface area contributed by atoms with E-state index >= 15 is 0 Å². The highest BCUT2D eigenvalue weighted by Gasteiger charge is 2.20. The molecule has 1 unspecified atom stereocenters. The van der Waals surface area contributed by atoms with Crippen LogP contribution in [0.4, 0.5) is 11.6 Å². The summed E-state index contributed by atoms with van der Waals surface area (Å²) in [5.74, 6) is 3.32. The summed E-state index contributed by atoms with van der Waals surface area (Å²) < 4.78 is 5.09. The molecular weight excluding hydrogens is 216 g/mol. The summed E-state index contributed by atoms with van der Waals surface area (Å²) in [5.41, 5.74) is 0. The van der Waals surface area contributed by atoms with Crippen molar-refractivity contribution in [1.29, 1.82) is 0 Å². The van der Waals surface area contributed by atoms with Gasteiger partial charge in [0.15, 0.2) is 5.82 Å². The zero-order valence-corrected chi connectivity index (χ0v) is 10.7. The molecule has 1 aliphatic rings. The van der Waals surface area contributed by atoms with Gasteiger partial charge in [-0.05, 0) is 12.3 Å². The highest BCUT2D eigenvalue weighted by atomic mass is 16.5. The second-order valence-electron chi connectivity index (χ2n) is 4.55. The SMILES string of the molecule is CNc1cc(N2CCC(C)C2)nc(COC)n1. The predicted molar refractivity (Wildman–Crippen MR) is 68.3 cm³/mol. The van der Waals surface area contributed by atoms with Gasteiger partial charge in [0, 0.05) is 33.3 Å². The Hall–Kier alpha value is -1.36. The molecule has 5 nitrogen and oxygen atoms in total. The molecule has 5 heteroatoms. The van der Waals surface area contributed by atoms with Crippen LogP contribution in [0, 0.1) is 5.92 Å². The van der Waals surface area contributed by atoms with Crippen LogP contribution in [-0.4, -0.2) is 37.2 Å². The first-order chi connectivity index (χ1) is 8.22. The summed E-state index contributed by atoms with van der Waals surface area (Å²) in [6.07, 6.45) is 1.23. The Balaban J connectivity index is 2.23. The number of anilines is 2. The molecule has 0 amide bonds. The number of methoxy groups -OCH3 is 1. The molecule has 2 rings (SSSR count). The van der Waals surface area contributed by atoms with E-state index in [9.17, 15) is 0 Å². The summed E-state index contributed by atoms with van der Waals surface area (Å²) in [6, 6.07) is 2.00. The topological polar surface area (TPSA) is 50.3 Å². The molecule has 0 bridgehead atoms. The van der Waals surface area contributed by atoms with E-state index in [1.165, 1.54) is 6.42 Å². The van der Waals surface area contributed by atoms with Crippen LogP contribution in [0.15, 0.2) is 6.07 Å². The first-order valence-electron chi connectivity index (χ1n) is 6.02. The van der Waals surface area contributed by atoms with Crippen LogP contribution in [0.1, 0.15) is 19.2 Å². The lowest BCUT2D eigenvalue weighted by molar-refractivity contribution is 0.178. The minimum Gasteiger partial charge on any atom is -0.377 e. The summed E-state index contributed by atoms with van der Waals surface area (Å²) >= 11 is 0. The zero-order valence-electron chi connectivity index (χ0n) is 10.7. The molecule has 94 valence electrons. The van der Waals surface area contributed by atoms with Gasteiger partial charge in [-0.15, -0.1) is 0 Å². The van der Waals surface area contributed by atoms with Crippen molar-refractivity contribution in [1.82, 2.24) is 9.97 Å². The second kappa shape index (κ2) is 5.31. The number of hydrogen-bond donors (Lipinski definition) is 1. The van der Waals surface area contributed by atoms with Crippen molar-refractivity contribution in [2.75, 3.05) is 37.5 Å². The number of rotatable bonds is 4. The Morgan fingerprint density at radius 1 is 1.53 bits per heavy atom. The fourth-order valence-electron chi connectivity index (χ4n) is 2.11. The van der Waals surface area contributed by atoms with Gasteiger partial charge in [0.2, 0.25) is 0 Å². The molecule has 0 aliphatic carbocycles. The van der Waals surface area contributed by atoms with Crippen LogP contribution >= 0.6 is 0 Å². The molecule has 0 spiro atoms. The molecule has 1 N–H and O–H groups in total. The normalized spacial score (nSPS) is 19.7. The van der Waals surface area contributed by atoms with Crippen molar-refractivity contribution in [3.8, 4) is 0 Å². The smallest absolute Gasteiger partial charge is 0.158 e. The van der Waals surface area contributed by atoms with Crippen molar-refractivity contribution < 1.29 is 4.74 Å². The molecule has 1 aliphatic heterocycles. The first kappa shape index (κ1) is 12.1. The van der Waals surface area contributed by atoms with Crippen LogP contribution in [-0.2, 0) is 11.3 Å². The molecule has 0 saturated carbocycles. The van der Waals surface area contributed by atoms with E-state index in [1.54, 1.807) is 7.11 Å². The minimum atomic E-state index is 0.450. The van der Waals surface area contributed by atoms with Gasteiger partial charge in [-0.25, -0.2) is 9.97 Å². The van der Waals surface area contributed by atoms with Crippen molar-refractivity contribution in [3.05, 3.63) is 11.9 Å². The van der Waals surface area contributed by atoms with Crippen molar-refractivity contribution in [2.24, 2.45) is 5.92 Å². The van der Waals surface area contributed by atoms with Crippen LogP contribution in [0.25, 0.3) is 0 Å². The van der Waals surface area contributed by atoms with E-state index in [0.29, 0.717) is 6.61 Å². The Morgan fingerprint density at radius 2 is 2.35 bits per heavy atom. The summed E-state index contributed by atoms with van der Waals surface area (Å²) in [6.45, 7) is 4.88. The lowest BCUT2D eigenvalue weighted by Crippen LogP contribution is -2.21. The Bertz CT molecular complexity index is 383. The largest absolute Gasteiger partial charge is 0.377 e. The molecule has 1 fully saturated rings. The molecular formula is C12H20N4O. The maximum Gasteiger partial charge on any atom is 0.158 e. The molecule has 1 aromatic heterocycles. The second-order valence-corrected chi connectivity index (χ2v) is 4.55. The van der Waals surface area contributed by atoms with Crippen molar-refractivity contribution in [3.63, 3.8) is 0 Å². The van der Waals surface area contributed by atoms with E-state index < -0.39 is 0 Å². The molecule has 1 saturated heterocycles. The van der Waals surface area contributed by atoms with E-state index in [4.69, 9.17) is 4.74 Å². The van der Waals surface area contributed by atoms with Gasteiger partial charge in [0.25, 0.3) is 0 Å². The molecule has 0 radical (unpaired) electrons. The molecule has 17 heavy (non-hydrogen) atoms. The molecule has 1 atom stereocenters. The number of nitrogens with zero attached hydrogens (tertiary/aromatic N) is 3.